The first-order chi connectivity index (χ1) is 7.89. The standard InChI is InChI=1S/C6H14O3.C5H8O3/c1-6(2,4-7)5-9-8-3;1-2-8-4-3-5(6)7/h7H,4-5H2,1-3H3;3-4H,2H2,1H3,(H,6,7). The fourth-order valence-electron chi connectivity index (χ4n) is 0.467. The second kappa shape index (κ2) is 11.4. The molecular formula is C11H22O6. The highest BCUT2D eigenvalue weighted by Crippen LogP contribution is 2.12. The van der Waals surface area contributed by atoms with Gasteiger partial charge in [-0.3, -0.25) is 0 Å². The van der Waals surface area contributed by atoms with Crippen LogP contribution in [0.4, 0.5) is 0 Å². The van der Waals surface area contributed by atoms with E-state index in [9.17, 15) is 4.79 Å². The van der Waals surface area contributed by atoms with Crippen LogP contribution in [0.5, 0.6) is 0 Å². The van der Waals surface area contributed by atoms with Crippen molar-refractivity contribution in [1.29, 1.82) is 0 Å². The molecule has 2 N–H and O–H groups in total. The highest BCUT2D eigenvalue weighted by atomic mass is 17.2. The van der Waals surface area contributed by atoms with Crippen molar-refractivity contribution in [2.75, 3.05) is 26.9 Å². The van der Waals surface area contributed by atoms with Crippen LogP contribution in [0.1, 0.15) is 20.8 Å². The summed E-state index contributed by atoms with van der Waals surface area (Å²) in [6.07, 6.45) is 2.10. The maximum atomic E-state index is 9.71. The van der Waals surface area contributed by atoms with Crippen LogP contribution in [0.15, 0.2) is 12.3 Å². The van der Waals surface area contributed by atoms with Crippen LogP contribution in [0.3, 0.4) is 0 Å². The van der Waals surface area contributed by atoms with E-state index in [0.29, 0.717) is 13.2 Å². The van der Waals surface area contributed by atoms with Crippen LogP contribution in [-0.2, 0) is 19.3 Å². The zero-order chi connectivity index (χ0) is 13.7. The number of aliphatic hydroxyl groups is 1. The van der Waals surface area contributed by atoms with Crippen LogP contribution < -0.4 is 0 Å². The molecule has 0 aliphatic heterocycles. The molecule has 0 radical (unpaired) electrons. The number of aliphatic carboxylic acids is 1. The fraction of sp³-hybridized carbons (Fsp3) is 0.727. The molecule has 0 spiro atoms. The van der Waals surface area contributed by atoms with Crippen molar-refractivity contribution in [2.24, 2.45) is 5.41 Å². The molecular weight excluding hydrogens is 228 g/mol. The highest BCUT2D eigenvalue weighted by Gasteiger charge is 2.16. The van der Waals surface area contributed by atoms with Gasteiger partial charge in [0.2, 0.25) is 0 Å². The summed E-state index contributed by atoms with van der Waals surface area (Å²) < 4.78 is 4.58. The van der Waals surface area contributed by atoms with Crippen molar-refractivity contribution in [2.45, 2.75) is 20.8 Å². The molecule has 0 aromatic carbocycles. The molecule has 0 aliphatic carbocycles. The molecule has 17 heavy (non-hydrogen) atoms. The van der Waals surface area contributed by atoms with Gasteiger partial charge in [0, 0.05) is 5.41 Å². The number of aliphatic hydroxyl groups excluding tert-OH is 1. The van der Waals surface area contributed by atoms with Crippen LogP contribution in [-0.4, -0.2) is 43.1 Å². The SMILES string of the molecule is CCOC=CC(=O)O.COOCC(C)(C)CO. The topological polar surface area (TPSA) is 85.2 Å². The van der Waals surface area contributed by atoms with E-state index >= 15 is 0 Å². The van der Waals surface area contributed by atoms with E-state index in [4.69, 9.17) is 10.2 Å². The number of rotatable bonds is 7. The Morgan fingerprint density at radius 1 is 1.41 bits per heavy atom. The zero-order valence-corrected chi connectivity index (χ0v) is 10.8. The Hall–Kier alpha value is -1.11. The molecule has 0 fully saturated rings. The van der Waals surface area contributed by atoms with Crippen LogP contribution >= 0.6 is 0 Å². The van der Waals surface area contributed by atoms with E-state index in [-0.39, 0.29) is 12.0 Å². The number of ether oxygens (including phenoxy) is 1. The lowest BCUT2D eigenvalue weighted by Gasteiger charge is -2.19. The lowest BCUT2D eigenvalue weighted by molar-refractivity contribution is -0.289. The number of carbonyl (C=O) groups is 1. The third-order valence-corrected chi connectivity index (χ3v) is 1.47. The van der Waals surface area contributed by atoms with Crippen molar-refractivity contribution in [3.63, 3.8) is 0 Å². The summed E-state index contributed by atoms with van der Waals surface area (Å²) in [7, 11) is 1.45. The predicted molar refractivity (Wildman–Crippen MR) is 62.2 cm³/mol. The van der Waals surface area contributed by atoms with Gasteiger partial charge in [0.1, 0.15) is 0 Å². The summed E-state index contributed by atoms with van der Waals surface area (Å²) in [5.74, 6) is -0.988. The molecule has 0 saturated carbocycles. The third kappa shape index (κ3) is 17.5. The quantitative estimate of drug-likeness (QED) is 0.306. The minimum absolute atomic E-state index is 0.107. The maximum Gasteiger partial charge on any atom is 0.331 e. The maximum absolute atomic E-state index is 9.71. The van der Waals surface area contributed by atoms with Crippen LogP contribution in [0.25, 0.3) is 0 Å². The minimum atomic E-state index is -0.988. The van der Waals surface area contributed by atoms with Crippen LogP contribution in [0, 0.1) is 5.41 Å². The summed E-state index contributed by atoms with van der Waals surface area (Å²) in [5.41, 5.74) is -0.198. The van der Waals surface area contributed by atoms with Gasteiger partial charge in [0.05, 0.1) is 39.3 Å². The summed E-state index contributed by atoms with van der Waals surface area (Å²) in [6, 6.07) is 0. The van der Waals surface area contributed by atoms with Crippen molar-refractivity contribution in [3.05, 3.63) is 12.3 Å². The van der Waals surface area contributed by atoms with Gasteiger partial charge >= 0.3 is 5.97 Å². The van der Waals surface area contributed by atoms with Gasteiger partial charge in [-0.05, 0) is 6.92 Å². The van der Waals surface area contributed by atoms with Gasteiger partial charge < -0.3 is 14.9 Å². The lowest BCUT2D eigenvalue weighted by atomic mass is 9.97. The summed E-state index contributed by atoms with van der Waals surface area (Å²) in [4.78, 5) is 18.7. The van der Waals surface area contributed by atoms with E-state index < -0.39 is 5.97 Å². The number of carboxylic acid groups (broad SMARTS) is 1. The lowest BCUT2D eigenvalue weighted by Crippen LogP contribution is -2.23. The average Bonchev–Trinajstić information content (AvgIpc) is 2.27. The van der Waals surface area contributed by atoms with E-state index in [1.807, 2.05) is 13.8 Å². The van der Waals surface area contributed by atoms with Gasteiger partial charge in [0.25, 0.3) is 0 Å². The zero-order valence-electron chi connectivity index (χ0n) is 10.8. The molecule has 6 heteroatoms. The summed E-state index contributed by atoms with van der Waals surface area (Å²) >= 11 is 0. The van der Waals surface area contributed by atoms with Gasteiger partial charge in [-0.1, -0.05) is 13.8 Å². The van der Waals surface area contributed by atoms with E-state index in [2.05, 4.69) is 14.5 Å². The third-order valence-electron chi connectivity index (χ3n) is 1.47. The first-order valence-electron chi connectivity index (χ1n) is 5.17. The number of carboxylic acids is 1. The Morgan fingerprint density at radius 2 is 2.00 bits per heavy atom. The number of hydrogen-bond acceptors (Lipinski definition) is 5. The van der Waals surface area contributed by atoms with Crippen molar-refractivity contribution >= 4 is 5.97 Å². The Balaban J connectivity index is 0. The molecule has 0 aromatic heterocycles. The normalized spacial score (nSPS) is 10.9. The number of hydrogen-bond donors (Lipinski definition) is 2. The minimum Gasteiger partial charge on any atom is -0.501 e. The first kappa shape index (κ1) is 18.3. The summed E-state index contributed by atoms with van der Waals surface area (Å²) in [6.45, 7) is 6.60. The van der Waals surface area contributed by atoms with E-state index in [1.54, 1.807) is 6.92 Å². The Morgan fingerprint density at radius 3 is 2.35 bits per heavy atom. The average molecular weight is 250 g/mol. The molecule has 0 aromatic rings. The van der Waals surface area contributed by atoms with E-state index in [1.165, 1.54) is 7.11 Å². The van der Waals surface area contributed by atoms with E-state index in [0.717, 1.165) is 12.3 Å². The van der Waals surface area contributed by atoms with Gasteiger partial charge in [0.15, 0.2) is 0 Å². The smallest absolute Gasteiger partial charge is 0.331 e. The second-order valence-electron chi connectivity index (χ2n) is 3.85. The Bertz CT molecular complexity index is 212. The molecule has 0 atom stereocenters. The molecule has 0 rings (SSSR count). The van der Waals surface area contributed by atoms with Crippen LogP contribution in [0.2, 0.25) is 0 Å². The molecule has 6 nitrogen and oxygen atoms in total. The Kier molecular flexibility index (Phi) is 12.2. The molecule has 0 aliphatic rings. The molecule has 102 valence electrons. The predicted octanol–water partition coefficient (Wildman–Crippen LogP) is 1.20. The molecule has 0 heterocycles. The summed E-state index contributed by atoms with van der Waals surface area (Å²) in [5, 5.41) is 16.7. The molecule has 0 bridgehead atoms. The second-order valence-corrected chi connectivity index (χ2v) is 3.85. The van der Waals surface area contributed by atoms with Gasteiger partial charge in [-0.2, -0.15) is 0 Å². The first-order valence-corrected chi connectivity index (χ1v) is 5.17. The molecule has 0 amide bonds. The Labute approximate surface area is 102 Å². The van der Waals surface area contributed by atoms with Crippen molar-refractivity contribution in [1.82, 2.24) is 0 Å². The van der Waals surface area contributed by atoms with Gasteiger partial charge in [-0.25, -0.2) is 14.6 Å². The highest BCUT2D eigenvalue weighted by molar-refractivity contribution is 5.79. The van der Waals surface area contributed by atoms with Gasteiger partial charge in [-0.15, -0.1) is 0 Å². The monoisotopic (exact) mass is 250 g/mol. The molecule has 0 saturated heterocycles. The molecule has 0 unspecified atom stereocenters. The fourth-order valence-corrected chi connectivity index (χ4v) is 0.467. The van der Waals surface area contributed by atoms with Crippen molar-refractivity contribution < 1.29 is 29.5 Å². The van der Waals surface area contributed by atoms with Crippen molar-refractivity contribution in [3.8, 4) is 0 Å². The largest absolute Gasteiger partial charge is 0.501 e.